The first-order valence-corrected chi connectivity index (χ1v) is 7.80. The van der Waals surface area contributed by atoms with E-state index in [1.54, 1.807) is 0 Å². The number of rotatable bonds is 5. The average Bonchev–Trinajstić information content (AvgIpc) is 2.46. The summed E-state index contributed by atoms with van der Waals surface area (Å²) in [5.74, 6) is 0.531. The number of anilines is 1. The Labute approximate surface area is 127 Å². The van der Waals surface area contributed by atoms with E-state index in [9.17, 15) is 4.79 Å². The second-order valence-corrected chi connectivity index (χ2v) is 6.39. The highest BCUT2D eigenvalue weighted by molar-refractivity contribution is 5.95. The summed E-state index contributed by atoms with van der Waals surface area (Å²) in [5, 5.41) is 6.44. The lowest BCUT2D eigenvalue weighted by Crippen LogP contribution is -2.43. The van der Waals surface area contributed by atoms with Crippen molar-refractivity contribution in [2.75, 3.05) is 32.5 Å². The second-order valence-electron chi connectivity index (χ2n) is 6.39. The van der Waals surface area contributed by atoms with E-state index in [1.807, 2.05) is 18.2 Å². The quantitative estimate of drug-likeness (QED) is 0.874. The Bertz CT molecular complexity index is 489. The first-order chi connectivity index (χ1) is 9.99. The van der Waals surface area contributed by atoms with E-state index in [2.05, 4.69) is 43.5 Å². The van der Waals surface area contributed by atoms with Gasteiger partial charge in [0.2, 0.25) is 0 Å². The number of benzene rings is 1. The van der Waals surface area contributed by atoms with Gasteiger partial charge in [0.1, 0.15) is 0 Å². The first-order valence-electron chi connectivity index (χ1n) is 7.80. The Morgan fingerprint density at radius 1 is 1.38 bits per heavy atom. The standard InChI is InChI=1S/C17H27N3O/c1-12(2)16(20(3)4)11-19-17(21)14-7-8-15-13(10-14)6-5-9-18-15/h7-8,10,12,16,18H,5-6,9,11H2,1-4H3,(H,19,21). The number of carbonyl (C=O) groups excluding carboxylic acids is 1. The molecule has 0 saturated carbocycles. The normalized spacial score (nSPS) is 15.5. The highest BCUT2D eigenvalue weighted by Gasteiger charge is 2.18. The number of amides is 1. The molecule has 0 spiro atoms. The van der Waals surface area contributed by atoms with Gasteiger partial charge in [0, 0.05) is 30.4 Å². The van der Waals surface area contributed by atoms with Crippen molar-refractivity contribution in [1.82, 2.24) is 10.2 Å². The van der Waals surface area contributed by atoms with Crippen LogP contribution in [0.15, 0.2) is 18.2 Å². The summed E-state index contributed by atoms with van der Waals surface area (Å²) in [6.45, 7) is 6.07. The molecule has 1 aromatic carbocycles. The highest BCUT2D eigenvalue weighted by atomic mass is 16.1. The summed E-state index contributed by atoms with van der Waals surface area (Å²) in [6.07, 6.45) is 2.18. The molecule has 1 heterocycles. The van der Waals surface area contributed by atoms with Gasteiger partial charge in [-0.05, 0) is 56.6 Å². The van der Waals surface area contributed by atoms with Crippen molar-refractivity contribution in [3.8, 4) is 0 Å². The highest BCUT2D eigenvalue weighted by Crippen LogP contribution is 2.22. The van der Waals surface area contributed by atoms with Crippen molar-refractivity contribution in [1.29, 1.82) is 0 Å². The van der Waals surface area contributed by atoms with Crippen LogP contribution in [0.5, 0.6) is 0 Å². The Morgan fingerprint density at radius 2 is 2.14 bits per heavy atom. The molecule has 0 aliphatic carbocycles. The maximum absolute atomic E-state index is 12.3. The molecular formula is C17H27N3O. The minimum atomic E-state index is 0.0240. The lowest BCUT2D eigenvalue weighted by molar-refractivity contribution is 0.0934. The van der Waals surface area contributed by atoms with Crippen molar-refractivity contribution >= 4 is 11.6 Å². The molecule has 2 rings (SSSR count). The number of nitrogens with zero attached hydrogens (tertiary/aromatic N) is 1. The minimum absolute atomic E-state index is 0.0240. The molecular weight excluding hydrogens is 262 g/mol. The van der Waals surface area contributed by atoms with Crippen LogP contribution in [0.25, 0.3) is 0 Å². The van der Waals surface area contributed by atoms with Crippen LogP contribution in [0.1, 0.15) is 36.2 Å². The zero-order chi connectivity index (χ0) is 15.4. The van der Waals surface area contributed by atoms with Crippen molar-refractivity contribution in [3.05, 3.63) is 29.3 Å². The van der Waals surface area contributed by atoms with E-state index >= 15 is 0 Å². The molecule has 1 aromatic rings. The lowest BCUT2D eigenvalue weighted by atomic mass is 10.00. The summed E-state index contributed by atoms with van der Waals surface area (Å²) >= 11 is 0. The van der Waals surface area contributed by atoms with Crippen LogP contribution in [0, 0.1) is 5.92 Å². The molecule has 0 fully saturated rings. The van der Waals surface area contributed by atoms with Gasteiger partial charge in [0.15, 0.2) is 0 Å². The molecule has 0 saturated heterocycles. The molecule has 0 radical (unpaired) electrons. The predicted molar refractivity (Wildman–Crippen MR) is 87.9 cm³/mol. The van der Waals surface area contributed by atoms with Crippen LogP contribution in [0.3, 0.4) is 0 Å². The third-order valence-electron chi connectivity index (χ3n) is 4.21. The van der Waals surface area contributed by atoms with Gasteiger partial charge in [0.25, 0.3) is 5.91 Å². The SMILES string of the molecule is CC(C)C(CNC(=O)c1ccc2c(c1)CCCN2)N(C)C. The van der Waals surface area contributed by atoms with E-state index in [-0.39, 0.29) is 5.91 Å². The van der Waals surface area contributed by atoms with Gasteiger partial charge in [-0.15, -0.1) is 0 Å². The topological polar surface area (TPSA) is 44.4 Å². The number of aryl methyl sites for hydroxylation is 1. The van der Waals surface area contributed by atoms with Crippen LogP contribution < -0.4 is 10.6 Å². The minimum Gasteiger partial charge on any atom is -0.385 e. The fourth-order valence-corrected chi connectivity index (χ4v) is 2.93. The molecule has 4 heteroatoms. The number of fused-ring (bicyclic) bond motifs is 1. The predicted octanol–water partition coefficient (Wildman–Crippen LogP) is 2.36. The van der Waals surface area contributed by atoms with Crippen molar-refractivity contribution in [2.24, 2.45) is 5.92 Å². The van der Waals surface area contributed by atoms with Crippen LogP contribution in [0.2, 0.25) is 0 Å². The number of hydrogen-bond acceptors (Lipinski definition) is 3. The van der Waals surface area contributed by atoms with Crippen molar-refractivity contribution in [2.45, 2.75) is 32.7 Å². The van der Waals surface area contributed by atoms with E-state index in [0.717, 1.165) is 24.9 Å². The Morgan fingerprint density at radius 3 is 2.81 bits per heavy atom. The molecule has 1 aliphatic rings. The molecule has 1 unspecified atom stereocenters. The molecule has 2 N–H and O–H groups in total. The number of nitrogens with one attached hydrogen (secondary N) is 2. The molecule has 0 aromatic heterocycles. The van der Waals surface area contributed by atoms with Crippen molar-refractivity contribution < 1.29 is 4.79 Å². The second kappa shape index (κ2) is 6.94. The number of hydrogen-bond donors (Lipinski definition) is 2. The van der Waals surface area contributed by atoms with Gasteiger partial charge in [0.05, 0.1) is 0 Å². The maximum Gasteiger partial charge on any atom is 0.251 e. The molecule has 4 nitrogen and oxygen atoms in total. The van der Waals surface area contributed by atoms with E-state index < -0.39 is 0 Å². The monoisotopic (exact) mass is 289 g/mol. The summed E-state index contributed by atoms with van der Waals surface area (Å²) in [7, 11) is 4.11. The fraction of sp³-hybridized carbons (Fsp3) is 0.588. The van der Waals surface area contributed by atoms with Gasteiger partial charge in [-0.1, -0.05) is 13.8 Å². The van der Waals surface area contributed by atoms with Gasteiger partial charge in [-0.3, -0.25) is 4.79 Å². The molecule has 116 valence electrons. The zero-order valence-corrected chi connectivity index (χ0v) is 13.6. The smallest absolute Gasteiger partial charge is 0.251 e. The third kappa shape index (κ3) is 3.97. The van der Waals surface area contributed by atoms with Gasteiger partial charge in [-0.25, -0.2) is 0 Å². The van der Waals surface area contributed by atoms with Crippen LogP contribution >= 0.6 is 0 Å². The van der Waals surface area contributed by atoms with Crippen LogP contribution in [0.4, 0.5) is 5.69 Å². The first kappa shape index (κ1) is 15.8. The molecule has 1 atom stereocenters. The lowest BCUT2D eigenvalue weighted by Gasteiger charge is -2.28. The van der Waals surface area contributed by atoms with Crippen LogP contribution in [-0.2, 0) is 6.42 Å². The Balaban J connectivity index is 2.00. The van der Waals surface area contributed by atoms with E-state index in [1.165, 1.54) is 11.3 Å². The zero-order valence-electron chi connectivity index (χ0n) is 13.6. The summed E-state index contributed by atoms with van der Waals surface area (Å²) < 4.78 is 0. The Kier molecular flexibility index (Phi) is 5.23. The summed E-state index contributed by atoms with van der Waals surface area (Å²) in [5.41, 5.74) is 3.19. The summed E-state index contributed by atoms with van der Waals surface area (Å²) in [4.78, 5) is 14.5. The molecule has 21 heavy (non-hydrogen) atoms. The van der Waals surface area contributed by atoms with Gasteiger partial charge >= 0.3 is 0 Å². The fourth-order valence-electron chi connectivity index (χ4n) is 2.93. The Hall–Kier alpha value is -1.55. The third-order valence-corrected chi connectivity index (χ3v) is 4.21. The van der Waals surface area contributed by atoms with Crippen LogP contribution in [-0.4, -0.2) is 44.0 Å². The largest absolute Gasteiger partial charge is 0.385 e. The van der Waals surface area contributed by atoms with E-state index in [4.69, 9.17) is 0 Å². The van der Waals surface area contributed by atoms with Crippen molar-refractivity contribution in [3.63, 3.8) is 0 Å². The van der Waals surface area contributed by atoms with Gasteiger partial charge in [-0.2, -0.15) is 0 Å². The average molecular weight is 289 g/mol. The molecule has 0 bridgehead atoms. The number of carbonyl (C=O) groups is 1. The van der Waals surface area contributed by atoms with Gasteiger partial charge < -0.3 is 15.5 Å². The van der Waals surface area contributed by atoms with E-state index in [0.29, 0.717) is 18.5 Å². The number of likely N-dealkylation sites (N-methyl/N-ethyl adjacent to an activating group) is 1. The molecule has 1 amide bonds. The molecule has 1 aliphatic heterocycles. The summed E-state index contributed by atoms with van der Waals surface area (Å²) in [6, 6.07) is 6.31. The maximum atomic E-state index is 12.3.